The fourth-order valence-corrected chi connectivity index (χ4v) is 3.82. The molecule has 1 aromatic rings. The largest absolute Gasteiger partial charge is 0.375 e. The van der Waals surface area contributed by atoms with Crippen molar-refractivity contribution >= 4 is 17.7 Å². The quantitative estimate of drug-likeness (QED) is 0.775. The van der Waals surface area contributed by atoms with E-state index in [0.717, 1.165) is 19.5 Å². The summed E-state index contributed by atoms with van der Waals surface area (Å²) in [7, 11) is 0. The number of nitrogens with zero attached hydrogens (tertiary/aromatic N) is 1. The Labute approximate surface area is 111 Å². The molecule has 18 heavy (non-hydrogen) atoms. The number of rotatable bonds is 1. The predicted molar refractivity (Wildman–Crippen MR) is 71.8 cm³/mol. The van der Waals surface area contributed by atoms with Gasteiger partial charge in [0.05, 0.1) is 18.0 Å². The van der Waals surface area contributed by atoms with Crippen molar-refractivity contribution in [3.8, 4) is 0 Å². The first kappa shape index (κ1) is 12.1. The second-order valence-corrected chi connectivity index (χ2v) is 6.13. The molecular formula is C14H17NO2S. The van der Waals surface area contributed by atoms with Crippen LogP contribution in [0.25, 0.3) is 0 Å². The van der Waals surface area contributed by atoms with Crippen molar-refractivity contribution in [3.63, 3.8) is 0 Å². The van der Waals surface area contributed by atoms with E-state index in [1.165, 1.54) is 10.5 Å². The first-order valence-corrected chi connectivity index (χ1v) is 7.27. The summed E-state index contributed by atoms with van der Waals surface area (Å²) in [4.78, 5) is 15.7. The van der Waals surface area contributed by atoms with Gasteiger partial charge in [-0.25, -0.2) is 0 Å². The minimum atomic E-state index is 0.0627. The van der Waals surface area contributed by atoms with Gasteiger partial charge in [0.2, 0.25) is 5.91 Å². The Kier molecular flexibility index (Phi) is 3.31. The van der Waals surface area contributed by atoms with E-state index in [2.05, 4.69) is 12.1 Å². The van der Waals surface area contributed by atoms with E-state index in [1.807, 2.05) is 24.0 Å². The first-order chi connectivity index (χ1) is 8.74. The molecule has 2 atom stereocenters. The highest BCUT2D eigenvalue weighted by molar-refractivity contribution is 8.01. The SMILES string of the molecule is C[C@H]1CN(C(=O)[C@@H]2Cc3ccccc3S2)CCO1. The fourth-order valence-electron chi connectivity index (χ4n) is 2.54. The van der Waals surface area contributed by atoms with E-state index >= 15 is 0 Å². The van der Waals surface area contributed by atoms with Crippen molar-refractivity contribution in [2.75, 3.05) is 19.7 Å². The summed E-state index contributed by atoms with van der Waals surface area (Å²) >= 11 is 1.71. The van der Waals surface area contributed by atoms with Crippen LogP contribution in [0.4, 0.5) is 0 Å². The minimum Gasteiger partial charge on any atom is -0.375 e. The molecule has 3 rings (SSSR count). The summed E-state index contributed by atoms with van der Waals surface area (Å²) in [6.07, 6.45) is 1.03. The highest BCUT2D eigenvalue weighted by Crippen LogP contribution is 2.37. The third-order valence-corrected chi connectivity index (χ3v) is 4.78. The van der Waals surface area contributed by atoms with Gasteiger partial charge in [-0.2, -0.15) is 0 Å². The second-order valence-electron chi connectivity index (χ2n) is 4.88. The lowest BCUT2D eigenvalue weighted by atomic mass is 10.1. The maximum Gasteiger partial charge on any atom is 0.236 e. The number of carbonyl (C=O) groups is 1. The molecule has 1 amide bonds. The summed E-state index contributed by atoms with van der Waals surface area (Å²) in [5.74, 6) is 0.270. The number of amides is 1. The third-order valence-electron chi connectivity index (χ3n) is 3.48. The molecule has 96 valence electrons. The summed E-state index contributed by atoms with van der Waals surface area (Å²) in [6, 6.07) is 8.31. The van der Waals surface area contributed by atoms with Crippen molar-refractivity contribution in [1.82, 2.24) is 4.90 Å². The lowest BCUT2D eigenvalue weighted by molar-refractivity contribution is -0.137. The van der Waals surface area contributed by atoms with Gasteiger partial charge in [0.1, 0.15) is 0 Å². The Morgan fingerprint density at radius 1 is 1.44 bits per heavy atom. The molecule has 3 nitrogen and oxygen atoms in total. The number of morpholine rings is 1. The molecular weight excluding hydrogens is 246 g/mol. The Morgan fingerprint density at radius 2 is 2.28 bits per heavy atom. The number of fused-ring (bicyclic) bond motifs is 1. The van der Waals surface area contributed by atoms with Crippen molar-refractivity contribution in [2.24, 2.45) is 0 Å². The topological polar surface area (TPSA) is 29.5 Å². The Morgan fingerprint density at radius 3 is 3.06 bits per heavy atom. The van der Waals surface area contributed by atoms with E-state index in [4.69, 9.17) is 4.74 Å². The number of hydrogen-bond acceptors (Lipinski definition) is 3. The van der Waals surface area contributed by atoms with Crippen LogP contribution in [0.3, 0.4) is 0 Å². The molecule has 0 N–H and O–H groups in total. The average molecular weight is 263 g/mol. The molecule has 1 fully saturated rings. The van der Waals surface area contributed by atoms with Gasteiger partial charge in [-0.05, 0) is 25.0 Å². The van der Waals surface area contributed by atoms with Gasteiger partial charge in [-0.3, -0.25) is 4.79 Å². The monoisotopic (exact) mass is 263 g/mol. The maximum atomic E-state index is 12.5. The van der Waals surface area contributed by atoms with Gasteiger partial charge in [-0.15, -0.1) is 11.8 Å². The number of hydrogen-bond donors (Lipinski definition) is 0. The van der Waals surface area contributed by atoms with E-state index < -0.39 is 0 Å². The van der Waals surface area contributed by atoms with Crippen molar-refractivity contribution in [3.05, 3.63) is 29.8 Å². The lowest BCUT2D eigenvalue weighted by Crippen LogP contribution is -2.47. The van der Waals surface area contributed by atoms with Gasteiger partial charge in [0, 0.05) is 18.0 Å². The van der Waals surface area contributed by atoms with E-state index in [1.54, 1.807) is 11.8 Å². The first-order valence-electron chi connectivity index (χ1n) is 6.39. The van der Waals surface area contributed by atoms with Crippen LogP contribution in [0, 0.1) is 0 Å². The van der Waals surface area contributed by atoms with Gasteiger partial charge in [0.25, 0.3) is 0 Å². The van der Waals surface area contributed by atoms with Gasteiger partial charge >= 0.3 is 0 Å². The van der Waals surface area contributed by atoms with Crippen LogP contribution >= 0.6 is 11.8 Å². The van der Waals surface area contributed by atoms with Crippen LogP contribution in [-0.4, -0.2) is 41.9 Å². The zero-order valence-electron chi connectivity index (χ0n) is 10.5. The van der Waals surface area contributed by atoms with Crippen LogP contribution in [0.2, 0.25) is 0 Å². The van der Waals surface area contributed by atoms with Crippen molar-refractivity contribution in [2.45, 2.75) is 29.6 Å². The average Bonchev–Trinajstić information content (AvgIpc) is 2.81. The van der Waals surface area contributed by atoms with E-state index in [9.17, 15) is 4.79 Å². The molecule has 2 heterocycles. The molecule has 2 aliphatic rings. The van der Waals surface area contributed by atoms with Gasteiger partial charge < -0.3 is 9.64 Å². The molecule has 0 saturated carbocycles. The Hall–Kier alpha value is -1.00. The van der Waals surface area contributed by atoms with Crippen molar-refractivity contribution < 1.29 is 9.53 Å². The number of carbonyl (C=O) groups excluding carboxylic acids is 1. The number of ether oxygens (including phenoxy) is 1. The zero-order valence-corrected chi connectivity index (χ0v) is 11.3. The maximum absolute atomic E-state index is 12.5. The molecule has 0 radical (unpaired) electrons. The number of benzene rings is 1. The molecule has 0 bridgehead atoms. The molecule has 4 heteroatoms. The van der Waals surface area contributed by atoms with Crippen LogP contribution in [-0.2, 0) is 16.0 Å². The molecule has 0 spiro atoms. The summed E-state index contributed by atoms with van der Waals surface area (Å²) in [5, 5.41) is 0.0627. The summed E-state index contributed by atoms with van der Waals surface area (Å²) in [5.41, 5.74) is 1.31. The standard InChI is InChI=1S/C14H17NO2S/c1-10-9-15(6-7-17-10)14(16)13-8-11-4-2-3-5-12(11)18-13/h2-5,10,13H,6-9H2,1H3/t10-,13-/m0/s1. The second kappa shape index (κ2) is 4.94. The highest BCUT2D eigenvalue weighted by Gasteiger charge is 2.32. The smallest absolute Gasteiger partial charge is 0.236 e. The Bertz CT molecular complexity index is 438. The molecule has 1 saturated heterocycles. The molecule has 0 aliphatic carbocycles. The fraction of sp³-hybridized carbons (Fsp3) is 0.500. The molecule has 2 aliphatic heterocycles. The third kappa shape index (κ3) is 2.27. The van der Waals surface area contributed by atoms with Crippen LogP contribution < -0.4 is 0 Å². The van der Waals surface area contributed by atoms with Gasteiger partial charge in [0.15, 0.2) is 0 Å². The molecule has 0 aromatic heterocycles. The normalized spacial score (nSPS) is 27.1. The van der Waals surface area contributed by atoms with E-state index in [-0.39, 0.29) is 17.3 Å². The predicted octanol–water partition coefficient (Wildman–Crippen LogP) is 1.95. The van der Waals surface area contributed by atoms with Crippen LogP contribution in [0.15, 0.2) is 29.2 Å². The summed E-state index contributed by atoms with van der Waals surface area (Å²) < 4.78 is 5.48. The summed E-state index contributed by atoms with van der Waals surface area (Å²) in [6.45, 7) is 4.15. The Balaban J connectivity index is 1.68. The highest BCUT2D eigenvalue weighted by atomic mass is 32.2. The van der Waals surface area contributed by atoms with Crippen LogP contribution in [0.1, 0.15) is 12.5 Å². The van der Waals surface area contributed by atoms with E-state index in [0.29, 0.717) is 6.61 Å². The zero-order chi connectivity index (χ0) is 12.5. The van der Waals surface area contributed by atoms with Crippen molar-refractivity contribution in [1.29, 1.82) is 0 Å². The molecule has 1 aromatic carbocycles. The minimum absolute atomic E-state index is 0.0627. The van der Waals surface area contributed by atoms with Crippen LogP contribution in [0.5, 0.6) is 0 Å². The molecule has 0 unspecified atom stereocenters. The number of thioether (sulfide) groups is 1. The lowest BCUT2D eigenvalue weighted by Gasteiger charge is -2.32. The van der Waals surface area contributed by atoms with Gasteiger partial charge in [-0.1, -0.05) is 18.2 Å².